The number of aliphatic carboxylic acids is 1. The third-order valence-corrected chi connectivity index (χ3v) is 5.78. The van der Waals surface area contributed by atoms with E-state index < -0.39 is 40.1 Å². The summed E-state index contributed by atoms with van der Waals surface area (Å²) >= 11 is 12.4. The van der Waals surface area contributed by atoms with Gasteiger partial charge in [-0.1, -0.05) is 62.2 Å². The van der Waals surface area contributed by atoms with Crippen molar-refractivity contribution in [2.24, 2.45) is 5.41 Å². The third-order valence-electron chi connectivity index (χ3n) is 4.66. The number of carboxylic acid groups (broad SMARTS) is 1. The second kappa shape index (κ2) is 12.3. The molecule has 0 aromatic rings. The molecule has 0 heterocycles. The number of hydrogen-bond acceptors (Lipinski definition) is 5. The van der Waals surface area contributed by atoms with Crippen molar-refractivity contribution < 1.29 is 29.1 Å². The van der Waals surface area contributed by atoms with Gasteiger partial charge in [-0.05, 0) is 20.3 Å². The molecule has 0 saturated carbocycles. The Balaban J connectivity index is 5.83. The quantitative estimate of drug-likeness (QED) is 0.217. The largest absolute Gasteiger partial charge is 0.479 e. The number of hydrogen-bond donors (Lipinski definition) is 1. The Morgan fingerprint density at radius 3 is 1.57 bits per heavy atom. The lowest BCUT2D eigenvalue weighted by Crippen LogP contribution is -2.48. The minimum absolute atomic E-state index is 0.128. The first kappa shape index (κ1) is 26.7. The van der Waals surface area contributed by atoms with Gasteiger partial charge >= 0.3 is 5.97 Å². The van der Waals surface area contributed by atoms with E-state index in [9.17, 15) is 29.1 Å². The fourth-order valence-electron chi connectivity index (χ4n) is 3.35. The molecule has 0 atom stereocenters. The highest BCUT2D eigenvalue weighted by atomic mass is 35.5. The SMILES string of the molecule is CCCCCCCC(CC(=O)CC(C)=O)(CC(=O)CC(C)=O)C(Cl)(Cl)C(=O)O. The highest BCUT2D eigenvalue weighted by Gasteiger charge is 2.56. The first-order chi connectivity index (χ1) is 12.9. The normalized spacial score (nSPS) is 11.9. The molecule has 0 saturated heterocycles. The number of ketones is 4. The molecule has 0 aromatic heterocycles. The summed E-state index contributed by atoms with van der Waals surface area (Å²) in [4.78, 5) is 59.1. The molecule has 6 nitrogen and oxygen atoms in total. The summed E-state index contributed by atoms with van der Waals surface area (Å²) in [7, 11) is 0. The maximum absolute atomic E-state index is 12.4. The van der Waals surface area contributed by atoms with E-state index in [0.717, 1.165) is 25.7 Å². The Labute approximate surface area is 176 Å². The fraction of sp³-hybridized carbons (Fsp3) is 0.750. The van der Waals surface area contributed by atoms with Crippen LogP contribution in [0.5, 0.6) is 0 Å². The van der Waals surface area contributed by atoms with Crippen LogP contribution in [-0.4, -0.2) is 38.5 Å². The van der Waals surface area contributed by atoms with Gasteiger partial charge in [0.15, 0.2) is 0 Å². The third kappa shape index (κ3) is 8.82. The van der Waals surface area contributed by atoms with E-state index in [4.69, 9.17) is 23.2 Å². The first-order valence-corrected chi connectivity index (χ1v) is 10.3. The van der Waals surface area contributed by atoms with Crippen LogP contribution in [0.3, 0.4) is 0 Å². The van der Waals surface area contributed by atoms with Gasteiger partial charge in [0.05, 0.1) is 12.8 Å². The molecule has 0 spiro atoms. The Morgan fingerprint density at radius 2 is 1.21 bits per heavy atom. The maximum atomic E-state index is 12.4. The monoisotopic (exact) mass is 436 g/mol. The number of halogens is 2. The number of Topliss-reactive ketones (excluding diaryl/α,β-unsaturated/α-hetero) is 4. The Bertz CT molecular complexity index is 568. The van der Waals surface area contributed by atoms with Crippen LogP contribution in [0.2, 0.25) is 0 Å². The van der Waals surface area contributed by atoms with Gasteiger partial charge in [-0.2, -0.15) is 0 Å². The topological polar surface area (TPSA) is 106 Å². The number of rotatable bonds is 16. The maximum Gasteiger partial charge on any atom is 0.340 e. The number of unbranched alkanes of at least 4 members (excludes halogenated alkanes) is 4. The van der Waals surface area contributed by atoms with E-state index in [1.54, 1.807) is 0 Å². The van der Waals surface area contributed by atoms with E-state index in [0.29, 0.717) is 6.42 Å². The molecule has 0 unspecified atom stereocenters. The molecule has 0 aliphatic heterocycles. The summed E-state index contributed by atoms with van der Waals surface area (Å²) in [6, 6.07) is 0. The molecule has 8 heteroatoms. The summed E-state index contributed by atoms with van der Waals surface area (Å²) in [5.41, 5.74) is -1.59. The molecule has 160 valence electrons. The number of carboxylic acids is 1. The van der Waals surface area contributed by atoms with Crippen molar-refractivity contribution in [3.05, 3.63) is 0 Å². The van der Waals surface area contributed by atoms with E-state index in [1.165, 1.54) is 13.8 Å². The zero-order valence-corrected chi connectivity index (χ0v) is 18.3. The molecule has 0 rings (SSSR count). The molecule has 1 N–H and O–H groups in total. The van der Waals surface area contributed by atoms with Crippen LogP contribution in [0.1, 0.15) is 85.0 Å². The molecular formula is C20H30Cl2O6. The summed E-state index contributed by atoms with van der Waals surface area (Å²) < 4.78 is -2.41. The Morgan fingerprint density at radius 1 is 0.786 bits per heavy atom. The van der Waals surface area contributed by atoms with Crippen LogP contribution in [0.25, 0.3) is 0 Å². The van der Waals surface area contributed by atoms with Gasteiger partial charge in [-0.25, -0.2) is 4.79 Å². The molecule has 0 aliphatic carbocycles. The van der Waals surface area contributed by atoms with Crippen LogP contribution in [0.4, 0.5) is 0 Å². The number of alkyl halides is 2. The number of carbonyl (C=O) groups is 5. The summed E-state index contributed by atoms with van der Waals surface area (Å²) in [5.74, 6) is -3.35. The predicted octanol–water partition coefficient (Wildman–Crippen LogP) is 4.47. The van der Waals surface area contributed by atoms with Gasteiger partial charge < -0.3 is 5.11 Å². The minimum atomic E-state index is -2.41. The van der Waals surface area contributed by atoms with Crippen molar-refractivity contribution in [2.75, 3.05) is 0 Å². The van der Waals surface area contributed by atoms with Crippen molar-refractivity contribution in [1.29, 1.82) is 0 Å². The average Bonchev–Trinajstić information content (AvgIpc) is 2.52. The summed E-state index contributed by atoms with van der Waals surface area (Å²) in [5, 5.41) is 9.59. The molecule has 0 aromatic carbocycles. The van der Waals surface area contributed by atoms with Crippen LogP contribution in [0, 0.1) is 5.41 Å². The van der Waals surface area contributed by atoms with Crippen molar-refractivity contribution in [1.82, 2.24) is 0 Å². The fourth-order valence-corrected chi connectivity index (χ4v) is 3.80. The van der Waals surface area contributed by atoms with Crippen molar-refractivity contribution >= 4 is 52.3 Å². The molecule has 0 fully saturated rings. The molecule has 0 aliphatic rings. The van der Waals surface area contributed by atoms with Crippen molar-refractivity contribution in [2.45, 2.75) is 89.3 Å². The first-order valence-electron chi connectivity index (χ1n) is 9.51. The van der Waals surface area contributed by atoms with E-state index in [-0.39, 0.29) is 30.8 Å². The lowest BCUT2D eigenvalue weighted by atomic mass is 9.70. The van der Waals surface area contributed by atoms with Crippen LogP contribution >= 0.6 is 23.2 Å². The highest BCUT2D eigenvalue weighted by Crippen LogP contribution is 2.51. The molecule has 0 bridgehead atoms. The minimum Gasteiger partial charge on any atom is -0.479 e. The Kier molecular flexibility index (Phi) is 11.8. The molecular weight excluding hydrogens is 407 g/mol. The van der Waals surface area contributed by atoms with Gasteiger partial charge in [0.1, 0.15) is 23.1 Å². The number of carbonyl (C=O) groups excluding carboxylic acids is 4. The van der Waals surface area contributed by atoms with Gasteiger partial charge in [0.25, 0.3) is 0 Å². The van der Waals surface area contributed by atoms with Gasteiger partial charge in [0, 0.05) is 18.3 Å². The Hall–Kier alpha value is -1.27. The van der Waals surface area contributed by atoms with E-state index >= 15 is 0 Å². The lowest BCUT2D eigenvalue weighted by molar-refractivity contribution is -0.142. The average molecular weight is 437 g/mol. The second-order valence-electron chi connectivity index (χ2n) is 7.51. The van der Waals surface area contributed by atoms with E-state index in [1.807, 2.05) is 0 Å². The van der Waals surface area contributed by atoms with Crippen LogP contribution < -0.4 is 0 Å². The lowest BCUT2D eigenvalue weighted by Gasteiger charge is -2.40. The predicted molar refractivity (Wildman–Crippen MR) is 108 cm³/mol. The van der Waals surface area contributed by atoms with Gasteiger partial charge in [0.2, 0.25) is 4.33 Å². The summed E-state index contributed by atoms with van der Waals surface area (Å²) in [6.45, 7) is 4.55. The smallest absolute Gasteiger partial charge is 0.340 e. The molecule has 0 radical (unpaired) electrons. The van der Waals surface area contributed by atoms with Crippen molar-refractivity contribution in [3.63, 3.8) is 0 Å². The highest BCUT2D eigenvalue weighted by molar-refractivity contribution is 6.58. The van der Waals surface area contributed by atoms with Crippen LogP contribution in [-0.2, 0) is 24.0 Å². The molecule has 0 amide bonds. The zero-order valence-electron chi connectivity index (χ0n) is 16.8. The van der Waals surface area contributed by atoms with Crippen LogP contribution in [0.15, 0.2) is 0 Å². The second-order valence-corrected chi connectivity index (χ2v) is 8.84. The van der Waals surface area contributed by atoms with E-state index in [2.05, 4.69) is 6.92 Å². The van der Waals surface area contributed by atoms with Crippen molar-refractivity contribution in [3.8, 4) is 0 Å². The molecule has 28 heavy (non-hydrogen) atoms. The summed E-state index contributed by atoms with van der Waals surface area (Å²) in [6.07, 6.45) is 2.75. The zero-order chi connectivity index (χ0) is 22.0. The van der Waals surface area contributed by atoms with Gasteiger partial charge in [-0.15, -0.1) is 0 Å². The standard InChI is InChI=1S/C20H30Cl2O6/c1-4-5-6-7-8-9-19(20(21,22)18(27)28,12-16(25)10-14(2)23)13-17(26)11-15(3)24/h4-13H2,1-3H3,(H,27,28). The van der Waals surface area contributed by atoms with Gasteiger partial charge in [-0.3, -0.25) is 19.2 Å².